The first-order valence-electron chi connectivity index (χ1n) is 9.77. The Kier molecular flexibility index (Phi) is 4.13. The van der Waals surface area contributed by atoms with Gasteiger partial charge in [-0.2, -0.15) is 5.48 Å². The van der Waals surface area contributed by atoms with E-state index in [0.29, 0.717) is 30.0 Å². The van der Waals surface area contributed by atoms with Gasteiger partial charge in [-0.1, -0.05) is 0 Å². The van der Waals surface area contributed by atoms with Gasteiger partial charge in [0.15, 0.2) is 0 Å². The number of likely N-dealkylation sites (tertiary alicyclic amines) is 2. The van der Waals surface area contributed by atoms with Crippen LogP contribution >= 0.6 is 0 Å². The second-order valence-electron chi connectivity index (χ2n) is 9.03. The Hall–Kier alpha value is -0.280. The zero-order valence-electron chi connectivity index (χ0n) is 15.7. The summed E-state index contributed by atoms with van der Waals surface area (Å²) >= 11 is 0. The van der Waals surface area contributed by atoms with Crippen LogP contribution in [0.3, 0.4) is 0 Å². The van der Waals surface area contributed by atoms with Gasteiger partial charge in [-0.25, -0.2) is 0 Å². The molecule has 7 nitrogen and oxygen atoms in total. The largest absolute Gasteiger partial charge is 0.381 e. The average Bonchev–Trinajstić information content (AvgIpc) is 3.29. The number of likely N-dealkylation sites (N-methyl/N-ethyl adjacent to an activating group) is 3. The zero-order valence-corrected chi connectivity index (χ0v) is 15.7. The molecule has 0 aromatic heterocycles. The van der Waals surface area contributed by atoms with Gasteiger partial charge in [0.2, 0.25) is 0 Å². The van der Waals surface area contributed by atoms with E-state index in [1.165, 1.54) is 0 Å². The summed E-state index contributed by atoms with van der Waals surface area (Å²) in [5.41, 5.74) is 3.28. The van der Waals surface area contributed by atoms with E-state index in [1.807, 2.05) is 0 Å². The highest BCUT2D eigenvalue weighted by Gasteiger charge is 2.56. The first kappa shape index (κ1) is 16.9. The van der Waals surface area contributed by atoms with Crippen molar-refractivity contribution in [1.82, 2.24) is 20.2 Å². The Balaban J connectivity index is 1.32. The molecule has 2 bridgehead atoms. The van der Waals surface area contributed by atoms with Crippen molar-refractivity contribution in [2.24, 2.45) is 11.8 Å². The van der Waals surface area contributed by atoms with E-state index in [2.05, 4.69) is 41.3 Å². The minimum atomic E-state index is -0.0941. The number of fused-ring (bicyclic) bond motifs is 3. The lowest BCUT2D eigenvalue weighted by molar-refractivity contribution is -0.0967. The minimum Gasteiger partial charge on any atom is -0.381 e. The van der Waals surface area contributed by atoms with Gasteiger partial charge in [-0.05, 0) is 27.6 Å². The van der Waals surface area contributed by atoms with Crippen molar-refractivity contribution in [3.8, 4) is 0 Å². The van der Waals surface area contributed by atoms with E-state index in [1.54, 1.807) is 0 Å². The van der Waals surface area contributed by atoms with E-state index in [4.69, 9.17) is 14.3 Å². The van der Waals surface area contributed by atoms with Gasteiger partial charge < -0.3 is 14.4 Å². The second-order valence-corrected chi connectivity index (χ2v) is 9.03. The number of rotatable bonds is 2. The van der Waals surface area contributed by atoms with Crippen LogP contribution in [0, 0.1) is 11.8 Å². The lowest BCUT2D eigenvalue weighted by Crippen LogP contribution is -2.58. The fraction of sp³-hybridized carbons (Fsp3) is 1.00. The molecule has 0 radical (unpaired) electrons. The number of hydrogen-bond acceptors (Lipinski definition) is 7. The molecule has 5 heterocycles. The summed E-state index contributed by atoms with van der Waals surface area (Å²) < 4.78 is 12.0. The molecular weight excluding hydrogens is 320 g/mol. The van der Waals surface area contributed by atoms with Crippen molar-refractivity contribution in [3.63, 3.8) is 0 Å². The van der Waals surface area contributed by atoms with E-state index >= 15 is 0 Å². The van der Waals surface area contributed by atoms with Crippen LogP contribution in [0.15, 0.2) is 0 Å². The summed E-state index contributed by atoms with van der Waals surface area (Å²) in [5, 5.41) is 0. The van der Waals surface area contributed by atoms with Crippen molar-refractivity contribution in [2.45, 2.75) is 36.2 Å². The molecule has 5 aliphatic rings. The van der Waals surface area contributed by atoms with Gasteiger partial charge >= 0.3 is 0 Å². The van der Waals surface area contributed by atoms with Gasteiger partial charge in [0.05, 0.1) is 38.5 Å². The summed E-state index contributed by atoms with van der Waals surface area (Å²) in [7, 11) is 6.74. The Morgan fingerprint density at radius 1 is 0.960 bits per heavy atom. The molecule has 7 atom stereocenters. The maximum atomic E-state index is 6.26. The molecule has 142 valence electrons. The fourth-order valence-electron chi connectivity index (χ4n) is 6.11. The number of nitrogens with zero attached hydrogens (tertiary/aromatic N) is 3. The first-order chi connectivity index (χ1) is 12.1. The van der Waals surface area contributed by atoms with Crippen LogP contribution in [-0.2, 0) is 14.3 Å². The van der Waals surface area contributed by atoms with Crippen LogP contribution in [0.1, 0.15) is 6.42 Å². The maximum Gasteiger partial charge on any atom is 0.101 e. The predicted octanol–water partition coefficient (Wildman–Crippen LogP) is -0.760. The third-order valence-electron chi connectivity index (χ3n) is 7.55. The molecule has 5 aliphatic heterocycles. The summed E-state index contributed by atoms with van der Waals surface area (Å²) in [5.74, 6) is 1.33. The maximum absolute atomic E-state index is 6.26. The van der Waals surface area contributed by atoms with Crippen LogP contribution in [0.2, 0.25) is 0 Å². The molecule has 5 fully saturated rings. The standard InChI is InChI=1S/C18H32N4O3/c1-20-6-16(18-4-13(8-24-18)22(3)11-18)19-25-10-15(20)17-14-9-23-7-12(14)5-21(17)2/h12-17,19H,4-11H2,1-3H3. The van der Waals surface area contributed by atoms with Gasteiger partial charge in [-0.3, -0.25) is 14.6 Å². The molecule has 0 aromatic rings. The number of hydroxylamine groups is 1. The molecule has 0 saturated carbocycles. The van der Waals surface area contributed by atoms with Gasteiger partial charge in [0.1, 0.15) is 5.60 Å². The number of morpholine rings is 1. The van der Waals surface area contributed by atoms with Crippen molar-refractivity contribution in [2.75, 3.05) is 67.2 Å². The molecule has 0 spiro atoms. The van der Waals surface area contributed by atoms with Crippen LogP contribution in [0.5, 0.6) is 0 Å². The highest BCUT2D eigenvalue weighted by atomic mass is 16.7. The third-order valence-corrected chi connectivity index (χ3v) is 7.55. The number of hydrogen-bond donors (Lipinski definition) is 1. The van der Waals surface area contributed by atoms with E-state index in [-0.39, 0.29) is 11.6 Å². The molecule has 7 heteroatoms. The Morgan fingerprint density at radius 2 is 1.84 bits per heavy atom. The third kappa shape index (κ3) is 2.59. The van der Waals surface area contributed by atoms with Crippen LogP contribution in [0.4, 0.5) is 0 Å². The lowest BCUT2D eigenvalue weighted by atomic mass is 9.88. The van der Waals surface area contributed by atoms with Gasteiger partial charge in [0, 0.05) is 43.6 Å². The zero-order chi connectivity index (χ0) is 17.2. The summed E-state index contributed by atoms with van der Waals surface area (Å²) in [6, 6.07) is 1.70. The molecule has 0 aliphatic carbocycles. The Bertz CT molecular complexity index is 519. The highest BCUT2D eigenvalue weighted by Crippen LogP contribution is 2.41. The van der Waals surface area contributed by atoms with Gasteiger partial charge in [0.25, 0.3) is 0 Å². The van der Waals surface area contributed by atoms with E-state index in [9.17, 15) is 0 Å². The topological polar surface area (TPSA) is 49.4 Å². The van der Waals surface area contributed by atoms with Crippen LogP contribution in [-0.4, -0.2) is 112 Å². The van der Waals surface area contributed by atoms with Crippen molar-refractivity contribution in [1.29, 1.82) is 0 Å². The van der Waals surface area contributed by atoms with Crippen molar-refractivity contribution < 1.29 is 14.3 Å². The molecule has 25 heavy (non-hydrogen) atoms. The SMILES string of the molecule is CN1CC2(C3CN(C)C(C4C5COCC5CN4C)CON3)CC1CO2. The van der Waals surface area contributed by atoms with Crippen LogP contribution < -0.4 is 5.48 Å². The molecule has 7 unspecified atom stereocenters. The Morgan fingerprint density at radius 3 is 2.60 bits per heavy atom. The normalized spacial score (nSPS) is 52.0. The number of nitrogens with one attached hydrogen (secondary N) is 1. The van der Waals surface area contributed by atoms with Crippen molar-refractivity contribution in [3.05, 3.63) is 0 Å². The second kappa shape index (κ2) is 6.12. The van der Waals surface area contributed by atoms with Gasteiger partial charge in [-0.15, -0.1) is 0 Å². The molecular formula is C18H32N4O3. The van der Waals surface area contributed by atoms with E-state index in [0.717, 1.165) is 52.5 Å². The highest BCUT2D eigenvalue weighted by molar-refractivity contribution is 5.10. The number of ether oxygens (including phenoxy) is 2. The quantitative estimate of drug-likeness (QED) is 0.701. The molecule has 5 saturated heterocycles. The van der Waals surface area contributed by atoms with Crippen LogP contribution in [0.25, 0.3) is 0 Å². The molecule has 5 rings (SSSR count). The summed E-state index contributed by atoms with van der Waals surface area (Å²) in [6.07, 6.45) is 1.12. The smallest absolute Gasteiger partial charge is 0.101 e. The fourth-order valence-corrected chi connectivity index (χ4v) is 6.11. The lowest BCUT2D eigenvalue weighted by Gasteiger charge is -2.40. The monoisotopic (exact) mass is 352 g/mol. The molecule has 1 N–H and O–H groups in total. The summed E-state index contributed by atoms with van der Waals surface area (Å²) in [6.45, 7) is 6.52. The average molecular weight is 352 g/mol. The minimum absolute atomic E-state index is 0.0941. The van der Waals surface area contributed by atoms with Crippen molar-refractivity contribution >= 4 is 0 Å². The summed E-state index contributed by atoms with van der Waals surface area (Å²) in [4.78, 5) is 13.5. The predicted molar refractivity (Wildman–Crippen MR) is 93.2 cm³/mol. The molecule has 0 amide bonds. The first-order valence-corrected chi connectivity index (χ1v) is 9.77. The van der Waals surface area contributed by atoms with E-state index < -0.39 is 0 Å². The molecule has 0 aromatic carbocycles. The Labute approximate surface area is 150 Å².